The fraction of sp³-hybridized carbons (Fsp3) is 0. The third-order valence-corrected chi connectivity index (χ3v) is 7.73. The second-order valence-corrected chi connectivity index (χ2v) is 10.1. The van der Waals surface area contributed by atoms with Crippen molar-refractivity contribution in [3.8, 4) is 33.9 Å². The van der Waals surface area contributed by atoms with Crippen molar-refractivity contribution in [2.24, 2.45) is 0 Å². The molecule has 0 unspecified atom stereocenters. The van der Waals surface area contributed by atoms with Crippen LogP contribution < -0.4 is 0 Å². The van der Waals surface area contributed by atoms with E-state index in [2.05, 4.69) is 149 Å². The summed E-state index contributed by atoms with van der Waals surface area (Å²) in [4.78, 5) is 5.08. The number of hydrogen-bond donors (Lipinski definition) is 0. The van der Waals surface area contributed by atoms with Gasteiger partial charge in [-0.05, 0) is 48.5 Å². The largest absolute Gasteiger partial charge is 0.316 e. The smallest absolute Gasteiger partial charge is 0.0730 e. The Morgan fingerprint density at radius 2 is 1.02 bits per heavy atom. The van der Waals surface area contributed by atoms with Gasteiger partial charge in [-0.3, -0.25) is 0 Å². The summed E-state index contributed by atoms with van der Waals surface area (Å²) in [6, 6.07) is 51.4. The van der Waals surface area contributed by atoms with Crippen LogP contribution in [0.25, 0.3) is 66.6 Å². The van der Waals surface area contributed by atoms with Gasteiger partial charge in [0.25, 0.3) is 0 Å². The van der Waals surface area contributed by atoms with Crippen molar-refractivity contribution in [3.63, 3.8) is 0 Å². The molecule has 0 saturated heterocycles. The van der Waals surface area contributed by atoms with Gasteiger partial charge in [-0.15, -0.1) is 0 Å². The minimum absolute atomic E-state index is 0.957. The lowest BCUT2D eigenvalue weighted by atomic mass is 10.1. The third-order valence-electron chi connectivity index (χ3n) is 7.73. The monoisotopic (exact) mass is 511 g/mol. The summed E-state index contributed by atoms with van der Waals surface area (Å²) >= 11 is 0. The Morgan fingerprint density at radius 1 is 0.425 bits per heavy atom. The van der Waals surface area contributed by atoms with Crippen LogP contribution in [0.2, 0.25) is 0 Å². The zero-order valence-electron chi connectivity index (χ0n) is 21.8. The Hall–Kier alpha value is -5.41. The fourth-order valence-electron chi connectivity index (χ4n) is 5.85. The molecule has 0 N–H and O–H groups in total. The van der Waals surface area contributed by atoms with E-state index in [1.54, 1.807) is 0 Å². The zero-order valence-corrected chi connectivity index (χ0v) is 21.8. The molecule has 188 valence electrons. The SMILES string of the molecule is c1ccc(-c2cc(-n3ccc4cc5c6ccccc6n(-c6ccccc6)c5cc43)cc(-c3ccccc3)n2)cc1. The number of hydrogen-bond acceptors (Lipinski definition) is 1. The van der Waals surface area contributed by atoms with Gasteiger partial charge in [0.15, 0.2) is 0 Å². The highest BCUT2D eigenvalue weighted by molar-refractivity contribution is 6.13. The fourth-order valence-corrected chi connectivity index (χ4v) is 5.85. The number of benzene rings is 5. The van der Waals surface area contributed by atoms with Gasteiger partial charge in [0.05, 0.1) is 27.9 Å². The van der Waals surface area contributed by atoms with Crippen molar-refractivity contribution >= 4 is 32.7 Å². The number of para-hydroxylation sites is 2. The maximum Gasteiger partial charge on any atom is 0.0730 e. The minimum Gasteiger partial charge on any atom is -0.316 e. The standard InChI is InChI=1S/C37H25N3/c1-4-12-26(13-5-1)33-23-30(24-34(38-33)27-14-6-2-7-15-27)39-21-20-28-22-32-31-18-10-11-19-35(31)40(37(32)25-36(28)39)29-16-8-3-9-17-29/h1-25H. The molecule has 0 radical (unpaired) electrons. The lowest BCUT2D eigenvalue weighted by Gasteiger charge is -2.13. The van der Waals surface area contributed by atoms with Crippen LogP contribution in [-0.2, 0) is 0 Å². The summed E-state index contributed by atoms with van der Waals surface area (Å²) < 4.78 is 4.67. The summed E-state index contributed by atoms with van der Waals surface area (Å²) in [5.74, 6) is 0. The van der Waals surface area contributed by atoms with E-state index in [0.717, 1.165) is 39.4 Å². The predicted octanol–water partition coefficient (Wildman–Crippen LogP) is 9.46. The first kappa shape index (κ1) is 22.6. The topological polar surface area (TPSA) is 22.8 Å². The molecule has 3 nitrogen and oxygen atoms in total. The lowest BCUT2D eigenvalue weighted by molar-refractivity contribution is 1.11. The average molecular weight is 512 g/mol. The van der Waals surface area contributed by atoms with E-state index in [4.69, 9.17) is 4.98 Å². The first-order valence-electron chi connectivity index (χ1n) is 13.6. The molecule has 0 spiro atoms. The highest BCUT2D eigenvalue weighted by Crippen LogP contribution is 2.36. The van der Waals surface area contributed by atoms with E-state index in [0.29, 0.717) is 0 Å². The maximum absolute atomic E-state index is 5.08. The predicted molar refractivity (Wildman–Crippen MR) is 166 cm³/mol. The number of aromatic nitrogens is 3. The summed E-state index contributed by atoms with van der Waals surface area (Å²) in [5.41, 5.74) is 9.93. The number of rotatable bonds is 4. The molecular formula is C37H25N3. The Bertz CT molecular complexity index is 2080. The lowest BCUT2D eigenvalue weighted by Crippen LogP contribution is -1.98. The highest BCUT2D eigenvalue weighted by atomic mass is 15.0. The van der Waals surface area contributed by atoms with Crippen molar-refractivity contribution in [1.29, 1.82) is 0 Å². The summed E-state index contributed by atoms with van der Waals surface area (Å²) in [6.45, 7) is 0. The number of pyridine rings is 1. The van der Waals surface area contributed by atoms with E-state index < -0.39 is 0 Å². The molecular weight excluding hydrogens is 486 g/mol. The zero-order chi connectivity index (χ0) is 26.5. The van der Waals surface area contributed by atoms with Gasteiger partial charge in [0, 0.05) is 44.9 Å². The number of nitrogens with zero attached hydrogens (tertiary/aromatic N) is 3. The van der Waals surface area contributed by atoms with Crippen LogP contribution in [0.5, 0.6) is 0 Å². The van der Waals surface area contributed by atoms with Crippen molar-refractivity contribution in [1.82, 2.24) is 14.1 Å². The Kier molecular flexibility index (Phi) is 5.14. The Morgan fingerprint density at radius 3 is 1.70 bits per heavy atom. The second-order valence-electron chi connectivity index (χ2n) is 10.1. The molecule has 8 aromatic rings. The van der Waals surface area contributed by atoms with E-state index in [9.17, 15) is 0 Å². The van der Waals surface area contributed by atoms with Crippen LogP contribution in [0.15, 0.2) is 152 Å². The summed E-state index contributed by atoms with van der Waals surface area (Å²) in [5, 5.41) is 3.73. The Labute approximate surface area is 232 Å². The van der Waals surface area contributed by atoms with Gasteiger partial charge in [0.2, 0.25) is 0 Å². The second kappa shape index (κ2) is 9.11. The Balaban J connectivity index is 1.40. The van der Waals surface area contributed by atoms with Gasteiger partial charge in [-0.25, -0.2) is 4.98 Å². The van der Waals surface area contributed by atoms with E-state index in [1.165, 1.54) is 27.2 Å². The van der Waals surface area contributed by atoms with Crippen molar-refractivity contribution in [3.05, 3.63) is 152 Å². The van der Waals surface area contributed by atoms with Crippen LogP contribution in [0.4, 0.5) is 0 Å². The van der Waals surface area contributed by atoms with Crippen LogP contribution in [0.1, 0.15) is 0 Å². The van der Waals surface area contributed by atoms with Crippen LogP contribution >= 0.6 is 0 Å². The van der Waals surface area contributed by atoms with Crippen LogP contribution in [0.3, 0.4) is 0 Å². The summed E-state index contributed by atoms with van der Waals surface area (Å²) in [6.07, 6.45) is 2.18. The first-order chi connectivity index (χ1) is 19.8. The van der Waals surface area contributed by atoms with Crippen molar-refractivity contribution < 1.29 is 0 Å². The van der Waals surface area contributed by atoms with Gasteiger partial charge >= 0.3 is 0 Å². The molecule has 0 aliphatic rings. The molecule has 0 saturated carbocycles. The van der Waals surface area contributed by atoms with Gasteiger partial charge in [0.1, 0.15) is 0 Å². The molecule has 3 heterocycles. The van der Waals surface area contributed by atoms with Crippen molar-refractivity contribution in [2.75, 3.05) is 0 Å². The molecule has 3 heteroatoms. The van der Waals surface area contributed by atoms with Crippen LogP contribution in [0, 0.1) is 0 Å². The van der Waals surface area contributed by atoms with E-state index in [1.807, 2.05) is 12.1 Å². The van der Waals surface area contributed by atoms with Crippen LogP contribution in [-0.4, -0.2) is 14.1 Å². The molecule has 0 aliphatic carbocycles. The number of fused-ring (bicyclic) bond motifs is 4. The summed E-state index contributed by atoms with van der Waals surface area (Å²) in [7, 11) is 0. The normalized spacial score (nSPS) is 11.5. The first-order valence-corrected chi connectivity index (χ1v) is 13.6. The van der Waals surface area contributed by atoms with Gasteiger partial charge in [-0.2, -0.15) is 0 Å². The molecule has 5 aromatic carbocycles. The van der Waals surface area contributed by atoms with E-state index in [-0.39, 0.29) is 0 Å². The van der Waals surface area contributed by atoms with Gasteiger partial charge in [-0.1, -0.05) is 97.1 Å². The molecule has 40 heavy (non-hydrogen) atoms. The third kappa shape index (κ3) is 3.63. The molecule has 0 bridgehead atoms. The van der Waals surface area contributed by atoms with Crippen molar-refractivity contribution in [2.45, 2.75) is 0 Å². The molecule has 0 fully saturated rings. The van der Waals surface area contributed by atoms with Gasteiger partial charge < -0.3 is 9.13 Å². The molecule has 8 rings (SSSR count). The molecule has 0 atom stereocenters. The minimum atomic E-state index is 0.957. The quantitative estimate of drug-likeness (QED) is 0.231. The molecule has 0 amide bonds. The maximum atomic E-state index is 5.08. The average Bonchev–Trinajstić information content (AvgIpc) is 3.59. The highest BCUT2D eigenvalue weighted by Gasteiger charge is 2.16. The molecule has 3 aromatic heterocycles. The van der Waals surface area contributed by atoms with E-state index >= 15 is 0 Å². The molecule has 0 aliphatic heterocycles.